The molecular weight excluding hydrogens is 250 g/mol. The minimum atomic E-state index is -0.399. The molecule has 0 aromatic heterocycles. The fourth-order valence-corrected chi connectivity index (χ4v) is 3.57. The highest BCUT2D eigenvalue weighted by Crippen LogP contribution is 2.28. The number of piperidine rings is 1. The van der Waals surface area contributed by atoms with Gasteiger partial charge in [0.1, 0.15) is 0 Å². The van der Waals surface area contributed by atoms with Crippen molar-refractivity contribution < 1.29 is 4.79 Å². The lowest BCUT2D eigenvalue weighted by Crippen LogP contribution is -2.59. The summed E-state index contributed by atoms with van der Waals surface area (Å²) >= 11 is 0. The molecule has 4 nitrogen and oxygen atoms in total. The maximum atomic E-state index is 12.9. The fourth-order valence-electron chi connectivity index (χ4n) is 3.57. The summed E-state index contributed by atoms with van der Waals surface area (Å²) in [6, 6.07) is 0.841. The minimum absolute atomic E-state index is 0.275. The van der Waals surface area contributed by atoms with Gasteiger partial charge in [0.25, 0.3) is 0 Å². The van der Waals surface area contributed by atoms with Crippen LogP contribution in [0.1, 0.15) is 58.8 Å². The van der Waals surface area contributed by atoms with Crippen LogP contribution >= 0.6 is 0 Å². The summed E-state index contributed by atoms with van der Waals surface area (Å²) in [4.78, 5) is 17.2. The van der Waals surface area contributed by atoms with E-state index in [0.29, 0.717) is 6.04 Å². The highest BCUT2D eigenvalue weighted by molar-refractivity contribution is 5.85. The molecule has 1 aliphatic heterocycles. The highest BCUT2D eigenvalue weighted by atomic mass is 16.2. The number of amides is 1. The van der Waals surface area contributed by atoms with E-state index in [2.05, 4.69) is 25.8 Å². The Morgan fingerprint density at radius 1 is 1.10 bits per heavy atom. The first kappa shape index (κ1) is 15.8. The first-order valence-electron chi connectivity index (χ1n) is 8.21. The maximum absolute atomic E-state index is 12.9. The molecule has 2 aliphatic rings. The summed E-state index contributed by atoms with van der Waals surface area (Å²) in [5, 5.41) is 0. The third kappa shape index (κ3) is 3.34. The van der Waals surface area contributed by atoms with Gasteiger partial charge in [-0.3, -0.25) is 9.69 Å². The normalized spacial score (nSPS) is 23.4. The lowest BCUT2D eigenvalue weighted by molar-refractivity contribution is -0.144. The number of carbonyl (C=O) groups excluding carboxylic acids is 1. The Hall–Kier alpha value is -0.610. The molecule has 1 amide bonds. The Balaban J connectivity index is 1.98. The SMILES string of the molecule is CN(C1CCCCC1)C(C)(C)C(=O)N1CCC(N)CC1. The van der Waals surface area contributed by atoms with E-state index in [1.165, 1.54) is 32.1 Å². The van der Waals surface area contributed by atoms with Gasteiger partial charge in [-0.25, -0.2) is 0 Å². The van der Waals surface area contributed by atoms with Crippen LogP contribution in [0.25, 0.3) is 0 Å². The summed E-state index contributed by atoms with van der Waals surface area (Å²) in [7, 11) is 2.13. The second-order valence-electron chi connectivity index (χ2n) is 7.09. The summed E-state index contributed by atoms with van der Waals surface area (Å²) in [5.74, 6) is 0.275. The molecule has 20 heavy (non-hydrogen) atoms. The van der Waals surface area contributed by atoms with Crippen molar-refractivity contribution in [3.63, 3.8) is 0 Å². The van der Waals surface area contributed by atoms with E-state index in [0.717, 1.165) is 25.9 Å². The lowest BCUT2D eigenvalue weighted by Gasteiger charge is -2.44. The predicted octanol–water partition coefficient (Wildman–Crippen LogP) is 1.98. The predicted molar refractivity (Wildman–Crippen MR) is 82.5 cm³/mol. The Morgan fingerprint density at radius 3 is 2.20 bits per heavy atom. The van der Waals surface area contributed by atoms with Crippen molar-refractivity contribution in [1.29, 1.82) is 0 Å². The van der Waals surface area contributed by atoms with Crippen LogP contribution in [0.4, 0.5) is 0 Å². The topological polar surface area (TPSA) is 49.6 Å². The molecule has 2 fully saturated rings. The van der Waals surface area contributed by atoms with Crippen molar-refractivity contribution in [2.45, 2.75) is 76.4 Å². The van der Waals surface area contributed by atoms with E-state index >= 15 is 0 Å². The minimum Gasteiger partial charge on any atom is -0.341 e. The first-order chi connectivity index (χ1) is 9.43. The van der Waals surface area contributed by atoms with Crippen LogP contribution in [0.5, 0.6) is 0 Å². The number of likely N-dealkylation sites (tertiary alicyclic amines) is 1. The number of carbonyl (C=O) groups is 1. The third-order valence-electron chi connectivity index (χ3n) is 5.35. The number of hydrogen-bond acceptors (Lipinski definition) is 3. The molecule has 0 radical (unpaired) electrons. The van der Waals surface area contributed by atoms with E-state index in [4.69, 9.17) is 5.73 Å². The number of nitrogens with zero attached hydrogens (tertiary/aromatic N) is 2. The van der Waals surface area contributed by atoms with Gasteiger partial charge in [0, 0.05) is 25.2 Å². The molecule has 2 N–H and O–H groups in total. The molecule has 0 spiro atoms. The van der Waals surface area contributed by atoms with Crippen LogP contribution in [0.3, 0.4) is 0 Å². The van der Waals surface area contributed by atoms with Crippen molar-refractivity contribution in [2.24, 2.45) is 5.73 Å². The zero-order valence-corrected chi connectivity index (χ0v) is 13.4. The van der Waals surface area contributed by atoms with Crippen molar-refractivity contribution >= 4 is 5.91 Å². The Bertz CT molecular complexity index is 329. The van der Waals surface area contributed by atoms with E-state index in [9.17, 15) is 4.79 Å². The Kier molecular flexibility index (Phi) is 5.08. The highest BCUT2D eigenvalue weighted by Gasteiger charge is 2.39. The average molecular weight is 281 g/mol. The van der Waals surface area contributed by atoms with Crippen molar-refractivity contribution in [3.05, 3.63) is 0 Å². The molecule has 0 atom stereocenters. The molecule has 0 bridgehead atoms. The molecule has 1 saturated carbocycles. The molecule has 1 aliphatic carbocycles. The molecule has 4 heteroatoms. The lowest BCUT2D eigenvalue weighted by atomic mass is 9.89. The van der Waals surface area contributed by atoms with Crippen molar-refractivity contribution in [3.8, 4) is 0 Å². The second-order valence-corrected chi connectivity index (χ2v) is 7.09. The van der Waals surface area contributed by atoms with Crippen LogP contribution in [0.2, 0.25) is 0 Å². The Labute approximate surface area is 123 Å². The zero-order chi connectivity index (χ0) is 14.8. The van der Waals surface area contributed by atoms with E-state index in [1.807, 2.05) is 4.90 Å². The monoisotopic (exact) mass is 281 g/mol. The van der Waals surface area contributed by atoms with Gasteiger partial charge in [-0.2, -0.15) is 0 Å². The van der Waals surface area contributed by atoms with Crippen LogP contribution < -0.4 is 5.73 Å². The number of hydrogen-bond donors (Lipinski definition) is 1. The average Bonchev–Trinajstić information content (AvgIpc) is 2.47. The zero-order valence-electron chi connectivity index (χ0n) is 13.4. The molecule has 0 unspecified atom stereocenters. The van der Waals surface area contributed by atoms with Gasteiger partial charge in [-0.1, -0.05) is 19.3 Å². The Morgan fingerprint density at radius 2 is 1.65 bits per heavy atom. The molecule has 0 aromatic rings. The number of nitrogens with two attached hydrogens (primary N) is 1. The fraction of sp³-hybridized carbons (Fsp3) is 0.938. The van der Waals surface area contributed by atoms with Gasteiger partial charge in [0.15, 0.2) is 0 Å². The molecule has 116 valence electrons. The third-order valence-corrected chi connectivity index (χ3v) is 5.35. The van der Waals surface area contributed by atoms with E-state index in [-0.39, 0.29) is 11.9 Å². The summed E-state index contributed by atoms with van der Waals surface area (Å²) in [6.07, 6.45) is 8.30. The van der Waals surface area contributed by atoms with E-state index < -0.39 is 5.54 Å². The van der Waals surface area contributed by atoms with Gasteiger partial charge in [0.2, 0.25) is 5.91 Å². The summed E-state index contributed by atoms with van der Waals surface area (Å²) in [5.41, 5.74) is 5.54. The van der Waals surface area contributed by atoms with Crippen LogP contribution in [-0.2, 0) is 4.79 Å². The standard InChI is InChI=1S/C16H31N3O/c1-16(2,18(3)14-7-5-4-6-8-14)15(20)19-11-9-13(17)10-12-19/h13-14H,4-12,17H2,1-3H3. The van der Waals surface area contributed by atoms with Gasteiger partial charge in [-0.05, 0) is 46.6 Å². The van der Waals surface area contributed by atoms with Gasteiger partial charge >= 0.3 is 0 Å². The largest absolute Gasteiger partial charge is 0.341 e. The van der Waals surface area contributed by atoms with Gasteiger partial charge < -0.3 is 10.6 Å². The van der Waals surface area contributed by atoms with Gasteiger partial charge in [-0.15, -0.1) is 0 Å². The van der Waals surface area contributed by atoms with Crippen molar-refractivity contribution in [1.82, 2.24) is 9.80 Å². The molecular formula is C16H31N3O. The maximum Gasteiger partial charge on any atom is 0.242 e. The molecule has 0 aromatic carbocycles. The summed E-state index contributed by atoms with van der Waals surface area (Å²) < 4.78 is 0. The summed E-state index contributed by atoms with van der Waals surface area (Å²) in [6.45, 7) is 5.81. The van der Waals surface area contributed by atoms with Crippen LogP contribution in [-0.4, -0.2) is 53.5 Å². The van der Waals surface area contributed by atoms with Crippen LogP contribution in [0.15, 0.2) is 0 Å². The molecule has 1 heterocycles. The first-order valence-corrected chi connectivity index (χ1v) is 8.21. The van der Waals surface area contributed by atoms with Crippen molar-refractivity contribution in [2.75, 3.05) is 20.1 Å². The smallest absolute Gasteiger partial charge is 0.242 e. The number of likely N-dealkylation sites (N-methyl/N-ethyl adjacent to an activating group) is 1. The molecule has 2 rings (SSSR count). The second kappa shape index (κ2) is 6.44. The number of rotatable bonds is 3. The quantitative estimate of drug-likeness (QED) is 0.860. The van der Waals surface area contributed by atoms with Gasteiger partial charge in [0.05, 0.1) is 5.54 Å². The molecule has 1 saturated heterocycles. The van der Waals surface area contributed by atoms with E-state index in [1.54, 1.807) is 0 Å². The van der Waals surface area contributed by atoms with Crippen LogP contribution in [0, 0.1) is 0 Å².